The molecule has 1 saturated heterocycles. The van der Waals surface area contributed by atoms with Crippen LogP contribution < -0.4 is 5.32 Å². The third-order valence-corrected chi connectivity index (χ3v) is 4.71. The standard InChI is InChI=1S/C17H15Cl2NO/c18-14-7-6-12(10-15(14)19)13-8-9-20-17(21)16(13)11-4-2-1-3-5-11/h1-7,10,13,16H,8-9H2,(H,20,21). The molecule has 21 heavy (non-hydrogen) atoms. The van der Waals surface area contributed by atoms with Crippen molar-refractivity contribution in [2.75, 3.05) is 6.54 Å². The minimum atomic E-state index is -0.183. The fourth-order valence-electron chi connectivity index (χ4n) is 2.96. The van der Waals surface area contributed by atoms with E-state index in [2.05, 4.69) is 5.32 Å². The average molecular weight is 320 g/mol. The van der Waals surface area contributed by atoms with Crippen molar-refractivity contribution in [2.24, 2.45) is 0 Å². The maximum absolute atomic E-state index is 12.4. The van der Waals surface area contributed by atoms with Crippen molar-refractivity contribution in [3.8, 4) is 0 Å². The summed E-state index contributed by atoms with van der Waals surface area (Å²) >= 11 is 12.1. The van der Waals surface area contributed by atoms with E-state index >= 15 is 0 Å². The molecule has 0 saturated carbocycles. The maximum Gasteiger partial charge on any atom is 0.228 e. The molecule has 0 radical (unpaired) electrons. The molecule has 0 aliphatic carbocycles. The number of benzene rings is 2. The molecule has 1 aliphatic rings. The predicted molar refractivity (Wildman–Crippen MR) is 86.0 cm³/mol. The second kappa shape index (κ2) is 6.08. The summed E-state index contributed by atoms with van der Waals surface area (Å²) in [5.41, 5.74) is 2.10. The first-order chi connectivity index (χ1) is 10.2. The number of piperidine rings is 1. The molecule has 0 bridgehead atoms. The molecule has 2 nitrogen and oxygen atoms in total. The molecule has 2 unspecified atom stereocenters. The molecule has 1 fully saturated rings. The van der Waals surface area contributed by atoms with Gasteiger partial charge in [-0.2, -0.15) is 0 Å². The van der Waals surface area contributed by atoms with Gasteiger partial charge in [0.2, 0.25) is 5.91 Å². The van der Waals surface area contributed by atoms with E-state index in [0.29, 0.717) is 16.6 Å². The van der Waals surface area contributed by atoms with Crippen molar-refractivity contribution < 1.29 is 4.79 Å². The molecule has 3 rings (SSSR count). The van der Waals surface area contributed by atoms with E-state index in [9.17, 15) is 4.79 Å². The number of hydrogen-bond donors (Lipinski definition) is 1. The van der Waals surface area contributed by atoms with Crippen molar-refractivity contribution in [3.05, 3.63) is 69.7 Å². The zero-order valence-electron chi connectivity index (χ0n) is 11.4. The number of nitrogens with one attached hydrogen (secondary N) is 1. The SMILES string of the molecule is O=C1NCCC(c2ccc(Cl)c(Cl)c2)C1c1ccccc1. The van der Waals surface area contributed by atoms with Gasteiger partial charge in [-0.25, -0.2) is 0 Å². The van der Waals surface area contributed by atoms with Crippen molar-refractivity contribution in [1.29, 1.82) is 0 Å². The van der Waals surface area contributed by atoms with E-state index in [0.717, 1.165) is 17.5 Å². The van der Waals surface area contributed by atoms with Gasteiger partial charge >= 0.3 is 0 Å². The summed E-state index contributed by atoms with van der Waals surface area (Å²) < 4.78 is 0. The molecule has 0 aromatic heterocycles. The molecule has 1 N–H and O–H groups in total. The van der Waals surface area contributed by atoms with Gasteiger partial charge in [0.15, 0.2) is 0 Å². The first-order valence-corrected chi connectivity index (χ1v) is 7.70. The van der Waals surface area contributed by atoms with Crippen molar-refractivity contribution in [1.82, 2.24) is 5.32 Å². The smallest absolute Gasteiger partial charge is 0.228 e. The van der Waals surface area contributed by atoms with Gasteiger partial charge in [-0.1, -0.05) is 59.6 Å². The number of carbonyl (C=O) groups excluding carboxylic acids is 1. The lowest BCUT2D eigenvalue weighted by Crippen LogP contribution is -2.39. The molecule has 4 heteroatoms. The number of halogens is 2. The summed E-state index contributed by atoms with van der Waals surface area (Å²) in [7, 11) is 0. The molecule has 108 valence electrons. The van der Waals surface area contributed by atoms with E-state index in [4.69, 9.17) is 23.2 Å². The predicted octanol–water partition coefficient (Wildman–Crippen LogP) is 4.38. The van der Waals surface area contributed by atoms with E-state index in [1.54, 1.807) is 6.07 Å². The van der Waals surface area contributed by atoms with Crippen LogP contribution in [-0.4, -0.2) is 12.5 Å². The quantitative estimate of drug-likeness (QED) is 0.874. The zero-order valence-corrected chi connectivity index (χ0v) is 12.9. The second-order valence-electron chi connectivity index (χ2n) is 5.25. The van der Waals surface area contributed by atoms with Gasteiger partial charge in [0.1, 0.15) is 0 Å². The Morgan fingerprint density at radius 2 is 1.71 bits per heavy atom. The molecule has 2 aromatic rings. The molecule has 1 amide bonds. The Morgan fingerprint density at radius 1 is 0.952 bits per heavy atom. The van der Waals surface area contributed by atoms with E-state index in [1.807, 2.05) is 42.5 Å². The van der Waals surface area contributed by atoms with Crippen LogP contribution in [0, 0.1) is 0 Å². The number of carbonyl (C=O) groups is 1. The lowest BCUT2D eigenvalue weighted by molar-refractivity contribution is -0.124. The van der Waals surface area contributed by atoms with Gasteiger partial charge < -0.3 is 5.32 Å². The van der Waals surface area contributed by atoms with E-state index in [-0.39, 0.29) is 17.7 Å². The normalized spacial score (nSPS) is 21.9. The molecule has 0 spiro atoms. The van der Waals surface area contributed by atoms with E-state index < -0.39 is 0 Å². The highest BCUT2D eigenvalue weighted by Gasteiger charge is 2.34. The molecule has 2 atom stereocenters. The largest absolute Gasteiger partial charge is 0.356 e. The molecular weight excluding hydrogens is 305 g/mol. The summed E-state index contributed by atoms with van der Waals surface area (Å²) in [6.07, 6.45) is 0.892. The lowest BCUT2D eigenvalue weighted by atomic mass is 9.77. The van der Waals surface area contributed by atoms with Crippen LogP contribution in [0.25, 0.3) is 0 Å². The Morgan fingerprint density at radius 3 is 2.43 bits per heavy atom. The molecular formula is C17H15Cl2NO. The Balaban J connectivity index is 2.01. The van der Waals surface area contributed by atoms with Gasteiger partial charge in [-0.15, -0.1) is 0 Å². The molecule has 1 heterocycles. The first kappa shape index (κ1) is 14.4. The summed E-state index contributed by atoms with van der Waals surface area (Å²) in [5.74, 6) is 0.0108. The van der Waals surface area contributed by atoms with Crippen LogP contribution in [0.2, 0.25) is 10.0 Å². The van der Waals surface area contributed by atoms with Gasteiger partial charge in [0.05, 0.1) is 16.0 Å². The number of amides is 1. The first-order valence-electron chi connectivity index (χ1n) is 6.94. The van der Waals surface area contributed by atoms with Gasteiger partial charge in [0.25, 0.3) is 0 Å². The Bertz CT molecular complexity index is 657. The van der Waals surface area contributed by atoms with Crippen LogP contribution in [0.4, 0.5) is 0 Å². The van der Waals surface area contributed by atoms with Crippen LogP contribution in [0.3, 0.4) is 0 Å². The van der Waals surface area contributed by atoms with E-state index in [1.165, 1.54) is 0 Å². The van der Waals surface area contributed by atoms with Crippen LogP contribution in [0.15, 0.2) is 48.5 Å². The van der Waals surface area contributed by atoms with Crippen molar-refractivity contribution in [2.45, 2.75) is 18.3 Å². The third kappa shape index (κ3) is 2.92. The number of rotatable bonds is 2. The van der Waals surface area contributed by atoms with Crippen molar-refractivity contribution in [3.63, 3.8) is 0 Å². The summed E-state index contributed by atoms with van der Waals surface area (Å²) in [6.45, 7) is 0.688. The summed E-state index contributed by atoms with van der Waals surface area (Å²) in [4.78, 5) is 12.4. The highest BCUT2D eigenvalue weighted by Crippen LogP contribution is 2.39. The van der Waals surface area contributed by atoms with Gasteiger partial charge in [0, 0.05) is 12.5 Å². The van der Waals surface area contributed by atoms with Gasteiger partial charge in [-0.05, 0) is 29.7 Å². The minimum absolute atomic E-state index is 0.0727. The van der Waals surface area contributed by atoms with Crippen LogP contribution in [0.5, 0.6) is 0 Å². The summed E-state index contributed by atoms with van der Waals surface area (Å²) in [6, 6.07) is 15.5. The lowest BCUT2D eigenvalue weighted by Gasteiger charge is -2.32. The van der Waals surface area contributed by atoms with Crippen LogP contribution >= 0.6 is 23.2 Å². The minimum Gasteiger partial charge on any atom is -0.356 e. The fraction of sp³-hybridized carbons (Fsp3) is 0.235. The van der Waals surface area contributed by atoms with Gasteiger partial charge in [-0.3, -0.25) is 4.79 Å². The second-order valence-corrected chi connectivity index (χ2v) is 6.06. The molecule has 1 aliphatic heterocycles. The average Bonchev–Trinajstić information content (AvgIpc) is 2.50. The Labute approximate surface area is 134 Å². The fourth-order valence-corrected chi connectivity index (χ4v) is 3.26. The Hall–Kier alpha value is -1.51. The van der Waals surface area contributed by atoms with Crippen LogP contribution in [0.1, 0.15) is 29.4 Å². The monoisotopic (exact) mass is 319 g/mol. The van der Waals surface area contributed by atoms with Crippen molar-refractivity contribution >= 4 is 29.1 Å². The number of hydrogen-bond acceptors (Lipinski definition) is 1. The zero-order chi connectivity index (χ0) is 14.8. The highest BCUT2D eigenvalue weighted by atomic mass is 35.5. The maximum atomic E-state index is 12.4. The summed E-state index contributed by atoms with van der Waals surface area (Å²) in [5, 5.41) is 4.03. The highest BCUT2D eigenvalue weighted by molar-refractivity contribution is 6.42. The Kier molecular flexibility index (Phi) is 4.18. The topological polar surface area (TPSA) is 29.1 Å². The molecule has 2 aromatic carbocycles. The van der Waals surface area contributed by atoms with Crippen LogP contribution in [-0.2, 0) is 4.79 Å². The third-order valence-electron chi connectivity index (χ3n) is 3.97.